The number of nitrogens with one attached hydrogen (secondary N) is 2. The minimum Gasteiger partial charge on any atom is -0.480 e. The Labute approximate surface area is 188 Å². The van der Waals surface area contributed by atoms with Crippen molar-refractivity contribution in [3.63, 3.8) is 0 Å². The minimum atomic E-state index is -3.81. The predicted octanol–water partition coefficient (Wildman–Crippen LogP) is 3.90. The molecule has 0 aliphatic carbocycles. The summed E-state index contributed by atoms with van der Waals surface area (Å²) in [6, 6.07) is 10.6. The van der Waals surface area contributed by atoms with E-state index in [0.29, 0.717) is 22.4 Å². The zero-order valence-corrected chi connectivity index (χ0v) is 19.2. The topological polar surface area (TPSA) is 98.1 Å². The van der Waals surface area contributed by atoms with Crippen LogP contribution < -0.4 is 15.4 Å². The van der Waals surface area contributed by atoms with Crippen LogP contribution in [0.2, 0.25) is 0 Å². The molecule has 160 valence electrons. The number of nitrogens with zero attached hydrogens (tertiary/aromatic N) is 3. The Morgan fingerprint density at radius 1 is 1.19 bits per heavy atom. The van der Waals surface area contributed by atoms with Gasteiger partial charge in [-0.15, -0.1) is 0 Å². The molecule has 31 heavy (non-hydrogen) atoms. The van der Waals surface area contributed by atoms with Crippen molar-refractivity contribution in [1.29, 1.82) is 0 Å². The monoisotopic (exact) mass is 501 g/mol. The zero-order chi connectivity index (χ0) is 22.0. The zero-order valence-electron chi connectivity index (χ0n) is 16.8. The minimum absolute atomic E-state index is 0.128. The van der Waals surface area contributed by atoms with Gasteiger partial charge in [-0.2, -0.15) is 0 Å². The maximum Gasteiger partial charge on any atom is 0.269 e. The fourth-order valence-electron chi connectivity index (χ4n) is 3.31. The summed E-state index contributed by atoms with van der Waals surface area (Å²) in [4.78, 5) is 8.23. The first-order valence-corrected chi connectivity index (χ1v) is 11.6. The second kappa shape index (κ2) is 8.66. The van der Waals surface area contributed by atoms with Crippen molar-refractivity contribution in [1.82, 2.24) is 19.3 Å². The number of benzene rings is 1. The van der Waals surface area contributed by atoms with E-state index in [-0.39, 0.29) is 4.90 Å². The van der Waals surface area contributed by atoms with Crippen molar-refractivity contribution in [3.8, 4) is 5.88 Å². The third-order valence-electron chi connectivity index (χ3n) is 4.74. The van der Waals surface area contributed by atoms with Crippen molar-refractivity contribution < 1.29 is 13.2 Å². The molecule has 8 nitrogen and oxygen atoms in total. The molecule has 0 aliphatic heterocycles. The third-order valence-corrected chi connectivity index (χ3v) is 7.17. The smallest absolute Gasteiger partial charge is 0.269 e. The molecule has 0 atom stereocenters. The van der Waals surface area contributed by atoms with E-state index in [0.717, 1.165) is 22.3 Å². The summed E-state index contributed by atoms with van der Waals surface area (Å²) >= 11 is 3.48. The molecule has 4 rings (SSSR count). The molecule has 0 bridgehead atoms. The van der Waals surface area contributed by atoms with Crippen LogP contribution >= 0.6 is 15.9 Å². The van der Waals surface area contributed by atoms with Crippen molar-refractivity contribution in [2.75, 3.05) is 19.5 Å². The van der Waals surface area contributed by atoms with Gasteiger partial charge in [0.2, 0.25) is 5.88 Å². The number of aromatic nitrogens is 3. The van der Waals surface area contributed by atoms with Crippen LogP contribution in [-0.2, 0) is 16.6 Å². The Morgan fingerprint density at radius 2 is 2.03 bits per heavy atom. The highest BCUT2D eigenvalue weighted by atomic mass is 79.9. The Kier molecular flexibility index (Phi) is 5.94. The molecule has 2 N–H and O–H groups in total. The molecule has 3 heterocycles. The van der Waals surface area contributed by atoms with Gasteiger partial charge in [0.05, 0.1) is 18.3 Å². The van der Waals surface area contributed by atoms with Gasteiger partial charge < -0.3 is 15.4 Å². The molecule has 0 spiro atoms. The average Bonchev–Trinajstić information content (AvgIpc) is 3.15. The number of pyridine rings is 2. The van der Waals surface area contributed by atoms with E-state index in [4.69, 9.17) is 4.74 Å². The molecular formula is C21H20BrN5O3S. The van der Waals surface area contributed by atoms with E-state index in [2.05, 4.69) is 36.5 Å². The van der Waals surface area contributed by atoms with Gasteiger partial charge in [0.25, 0.3) is 10.0 Å². The van der Waals surface area contributed by atoms with Gasteiger partial charge in [-0.25, -0.2) is 17.4 Å². The molecule has 0 fully saturated rings. The highest BCUT2D eigenvalue weighted by Crippen LogP contribution is 2.34. The largest absolute Gasteiger partial charge is 0.480 e. The van der Waals surface area contributed by atoms with Gasteiger partial charge >= 0.3 is 0 Å². The van der Waals surface area contributed by atoms with Crippen LogP contribution in [-0.4, -0.2) is 36.5 Å². The van der Waals surface area contributed by atoms with E-state index < -0.39 is 10.0 Å². The Balaban J connectivity index is 1.84. The number of anilines is 2. The highest BCUT2D eigenvalue weighted by molar-refractivity contribution is 9.10. The number of hydrogen-bond acceptors (Lipinski definition) is 7. The van der Waals surface area contributed by atoms with Gasteiger partial charge in [-0.1, -0.05) is 6.07 Å². The lowest BCUT2D eigenvalue weighted by molar-refractivity contribution is 0.395. The maximum atomic E-state index is 13.3. The first-order chi connectivity index (χ1) is 15.0. The third kappa shape index (κ3) is 4.01. The molecule has 0 amide bonds. The average molecular weight is 502 g/mol. The summed E-state index contributed by atoms with van der Waals surface area (Å²) in [7, 11) is -0.446. The van der Waals surface area contributed by atoms with E-state index in [1.54, 1.807) is 37.8 Å². The quantitative estimate of drug-likeness (QED) is 0.396. The number of methoxy groups -OCH3 is 1. The van der Waals surface area contributed by atoms with Crippen molar-refractivity contribution in [2.24, 2.45) is 0 Å². The van der Waals surface area contributed by atoms with Crippen molar-refractivity contribution in [2.45, 2.75) is 11.4 Å². The molecule has 4 aromatic rings. The Hall–Kier alpha value is -2.95. The van der Waals surface area contributed by atoms with Crippen LogP contribution in [0.5, 0.6) is 5.88 Å². The lowest BCUT2D eigenvalue weighted by Gasteiger charge is -2.12. The fraction of sp³-hybridized carbons (Fsp3) is 0.143. The molecule has 0 radical (unpaired) electrons. The van der Waals surface area contributed by atoms with E-state index in [9.17, 15) is 8.42 Å². The van der Waals surface area contributed by atoms with Crippen LogP contribution in [0.15, 0.2) is 70.6 Å². The SMILES string of the molecule is CNCc1cn(S(=O)(=O)c2cccnc2)c2cc(Nc3ccnc(OC)c3Br)ccc12. The second-order valence-electron chi connectivity index (χ2n) is 6.71. The van der Waals surface area contributed by atoms with Gasteiger partial charge in [0, 0.05) is 42.4 Å². The van der Waals surface area contributed by atoms with Crippen molar-refractivity contribution >= 4 is 48.2 Å². The Bertz CT molecular complexity index is 1340. The summed E-state index contributed by atoms with van der Waals surface area (Å²) in [5.41, 5.74) is 2.91. The van der Waals surface area contributed by atoms with E-state index >= 15 is 0 Å². The number of hydrogen-bond donors (Lipinski definition) is 2. The van der Waals surface area contributed by atoms with Gasteiger partial charge in [0.1, 0.15) is 9.37 Å². The van der Waals surface area contributed by atoms with Crippen LogP contribution in [0.4, 0.5) is 11.4 Å². The lowest BCUT2D eigenvalue weighted by atomic mass is 10.1. The first-order valence-electron chi connectivity index (χ1n) is 9.35. The number of ether oxygens (including phenoxy) is 1. The van der Waals surface area contributed by atoms with Crippen LogP contribution in [0.3, 0.4) is 0 Å². The van der Waals surface area contributed by atoms with Gasteiger partial charge in [0.15, 0.2) is 0 Å². The molecular weight excluding hydrogens is 482 g/mol. The maximum absolute atomic E-state index is 13.3. The first kappa shape index (κ1) is 21.3. The number of halogens is 1. The summed E-state index contributed by atoms with van der Waals surface area (Å²) in [5.74, 6) is 0.449. The second-order valence-corrected chi connectivity index (χ2v) is 9.32. The van der Waals surface area contributed by atoms with E-state index in [1.165, 1.54) is 16.2 Å². The number of fused-ring (bicyclic) bond motifs is 1. The van der Waals surface area contributed by atoms with Crippen LogP contribution in [0.1, 0.15) is 5.56 Å². The summed E-state index contributed by atoms with van der Waals surface area (Å²) in [6.45, 7) is 0.534. The normalized spacial score (nSPS) is 11.6. The molecule has 0 saturated carbocycles. The highest BCUT2D eigenvalue weighted by Gasteiger charge is 2.22. The molecule has 0 saturated heterocycles. The van der Waals surface area contributed by atoms with Crippen LogP contribution in [0, 0.1) is 0 Å². The van der Waals surface area contributed by atoms with Crippen molar-refractivity contribution in [3.05, 3.63) is 71.2 Å². The van der Waals surface area contributed by atoms with E-state index in [1.807, 2.05) is 25.2 Å². The van der Waals surface area contributed by atoms with Gasteiger partial charge in [-0.3, -0.25) is 4.98 Å². The van der Waals surface area contributed by atoms with Gasteiger partial charge in [-0.05, 0) is 58.9 Å². The predicted molar refractivity (Wildman–Crippen MR) is 123 cm³/mol. The lowest BCUT2D eigenvalue weighted by Crippen LogP contribution is -2.12. The fourth-order valence-corrected chi connectivity index (χ4v) is 5.15. The molecule has 3 aromatic heterocycles. The molecule has 1 aromatic carbocycles. The summed E-state index contributed by atoms with van der Waals surface area (Å²) < 4.78 is 33.9. The van der Waals surface area contributed by atoms with Crippen LogP contribution in [0.25, 0.3) is 10.9 Å². The molecule has 0 aliphatic rings. The summed E-state index contributed by atoms with van der Waals surface area (Å²) in [5, 5.41) is 7.23. The standard InChI is InChI=1S/C21H20BrN5O3S/c1-23-11-14-13-27(31(28,29)16-4-3-8-24-12-16)19-10-15(5-6-17(14)19)26-18-7-9-25-21(30-2)20(18)22/h3-10,12-13,23H,11H2,1-2H3,(H,25,26). The Morgan fingerprint density at radius 3 is 2.74 bits per heavy atom. The number of rotatable bonds is 7. The summed E-state index contributed by atoms with van der Waals surface area (Å²) in [6.07, 6.45) is 6.17. The molecule has 0 unspecified atom stereocenters. The molecule has 10 heteroatoms.